The number of aromatic nitrogens is 1. The van der Waals surface area contributed by atoms with Gasteiger partial charge >= 0.3 is 12.1 Å². The number of carbonyl (C=O) groups is 2. The SMILES string of the molecule is CC(C)(C)OC(=O)Nc1cc(F)cnc1C(=O)O. The zero-order valence-electron chi connectivity index (χ0n) is 10.2. The van der Waals surface area contributed by atoms with Crippen LogP contribution in [-0.4, -0.2) is 27.8 Å². The predicted octanol–water partition coefficient (Wildman–Crippen LogP) is 2.27. The fraction of sp³-hybridized carbons (Fsp3) is 0.364. The number of anilines is 1. The lowest BCUT2D eigenvalue weighted by molar-refractivity contribution is 0.0636. The summed E-state index contributed by atoms with van der Waals surface area (Å²) in [6.45, 7) is 4.94. The topological polar surface area (TPSA) is 88.5 Å². The Balaban J connectivity index is 2.93. The molecule has 1 aromatic rings. The van der Waals surface area contributed by atoms with Gasteiger partial charge in [0.25, 0.3) is 0 Å². The zero-order valence-corrected chi connectivity index (χ0v) is 10.2. The maximum atomic E-state index is 13.0. The Hall–Kier alpha value is -2.18. The molecule has 7 heteroatoms. The number of hydrogen-bond donors (Lipinski definition) is 2. The molecule has 0 aromatic carbocycles. The molecule has 98 valence electrons. The number of nitrogens with one attached hydrogen (secondary N) is 1. The lowest BCUT2D eigenvalue weighted by Gasteiger charge is -2.19. The van der Waals surface area contributed by atoms with Gasteiger partial charge in [0.05, 0.1) is 11.9 Å². The van der Waals surface area contributed by atoms with E-state index in [0.717, 1.165) is 12.3 Å². The summed E-state index contributed by atoms with van der Waals surface area (Å²) < 4.78 is 17.9. The molecule has 2 N–H and O–H groups in total. The maximum Gasteiger partial charge on any atom is 0.412 e. The molecule has 0 saturated carbocycles. The van der Waals surface area contributed by atoms with E-state index in [1.807, 2.05) is 0 Å². The first-order valence-electron chi connectivity index (χ1n) is 5.08. The van der Waals surface area contributed by atoms with Crippen LogP contribution in [0.15, 0.2) is 12.3 Å². The van der Waals surface area contributed by atoms with Crippen molar-refractivity contribution in [2.45, 2.75) is 26.4 Å². The summed E-state index contributed by atoms with van der Waals surface area (Å²) in [5.41, 5.74) is -1.45. The van der Waals surface area contributed by atoms with Gasteiger partial charge in [-0.05, 0) is 20.8 Å². The Kier molecular flexibility index (Phi) is 3.85. The molecular formula is C11H13FN2O4. The van der Waals surface area contributed by atoms with Gasteiger partial charge in [0, 0.05) is 6.07 Å². The van der Waals surface area contributed by atoms with E-state index in [1.54, 1.807) is 20.8 Å². The van der Waals surface area contributed by atoms with Crippen LogP contribution >= 0.6 is 0 Å². The number of hydrogen-bond acceptors (Lipinski definition) is 4. The van der Waals surface area contributed by atoms with Crippen molar-refractivity contribution in [3.8, 4) is 0 Å². The van der Waals surface area contributed by atoms with Gasteiger partial charge in [0.2, 0.25) is 0 Å². The first-order valence-corrected chi connectivity index (χ1v) is 5.08. The van der Waals surface area contributed by atoms with E-state index in [-0.39, 0.29) is 5.69 Å². The van der Waals surface area contributed by atoms with Crippen LogP contribution in [-0.2, 0) is 4.74 Å². The lowest BCUT2D eigenvalue weighted by atomic mass is 10.2. The minimum Gasteiger partial charge on any atom is -0.476 e. The molecule has 0 atom stereocenters. The average Bonchev–Trinajstić information content (AvgIpc) is 2.13. The van der Waals surface area contributed by atoms with E-state index in [0.29, 0.717) is 0 Å². The van der Waals surface area contributed by atoms with Crippen molar-refractivity contribution in [3.63, 3.8) is 0 Å². The Morgan fingerprint density at radius 1 is 1.44 bits per heavy atom. The average molecular weight is 256 g/mol. The van der Waals surface area contributed by atoms with E-state index in [4.69, 9.17) is 9.84 Å². The van der Waals surface area contributed by atoms with Crippen LogP contribution in [0.4, 0.5) is 14.9 Å². The van der Waals surface area contributed by atoms with Gasteiger partial charge in [-0.3, -0.25) is 5.32 Å². The zero-order chi connectivity index (χ0) is 13.9. The second kappa shape index (κ2) is 4.99. The fourth-order valence-corrected chi connectivity index (χ4v) is 1.12. The number of halogens is 1. The molecule has 1 amide bonds. The van der Waals surface area contributed by atoms with Crippen molar-refractivity contribution in [1.29, 1.82) is 0 Å². The van der Waals surface area contributed by atoms with E-state index in [9.17, 15) is 14.0 Å². The van der Waals surface area contributed by atoms with Gasteiger partial charge < -0.3 is 9.84 Å². The molecule has 0 radical (unpaired) electrons. The standard InChI is InChI=1S/C11H13FN2O4/c1-11(2,3)18-10(17)14-7-4-6(12)5-13-8(7)9(15)16/h4-5H,1-3H3,(H,14,17)(H,15,16). The van der Waals surface area contributed by atoms with E-state index in [1.165, 1.54) is 0 Å². The predicted molar refractivity (Wildman–Crippen MR) is 61.0 cm³/mol. The van der Waals surface area contributed by atoms with Crippen LogP contribution < -0.4 is 5.32 Å². The number of carbonyl (C=O) groups excluding carboxylic acids is 1. The highest BCUT2D eigenvalue weighted by Gasteiger charge is 2.20. The highest BCUT2D eigenvalue weighted by molar-refractivity contribution is 5.96. The molecule has 1 aromatic heterocycles. The van der Waals surface area contributed by atoms with Crippen molar-refractivity contribution in [1.82, 2.24) is 4.98 Å². The van der Waals surface area contributed by atoms with Crippen LogP contribution in [0, 0.1) is 5.82 Å². The summed E-state index contributed by atoms with van der Waals surface area (Å²) in [6, 6.07) is 0.861. The highest BCUT2D eigenvalue weighted by Crippen LogP contribution is 2.16. The molecule has 0 unspecified atom stereocenters. The van der Waals surface area contributed by atoms with Crippen LogP contribution in [0.3, 0.4) is 0 Å². The molecule has 0 saturated heterocycles. The third-order valence-electron chi connectivity index (χ3n) is 1.69. The van der Waals surface area contributed by atoms with Crippen LogP contribution in [0.1, 0.15) is 31.3 Å². The monoisotopic (exact) mass is 256 g/mol. The minimum atomic E-state index is -1.37. The normalized spacial score (nSPS) is 10.9. The number of pyridine rings is 1. The molecule has 18 heavy (non-hydrogen) atoms. The van der Waals surface area contributed by atoms with Crippen LogP contribution in [0.5, 0.6) is 0 Å². The van der Waals surface area contributed by atoms with Gasteiger partial charge in [-0.2, -0.15) is 0 Å². The first kappa shape index (κ1) is 13.9. The van der Waals surface area contributed by atoms with Gasteiger partial charge in [-0.25, -0.2) is 19.0 Å². The number of carboxylic acid groups (broad SMARTS) is 1. The van der Waals surface area contributed by atoms with E-state index >= 15 is 0 Å². The van der Waals surface area contributed by atoms with Crippen molar-refractivity contribution < 1.29 is 23.8 Å². The van der Waals surface area contributed by atoms with Gasteiger partial charge in [-0.15, -0.1) is 0 Å². The maximum absolute atomic E-state index is 13.0. The van der Waals surface area contributed by atoms with Crippen molar-refractivity contribution in [2.75, 3.05) is 5.32 Å². The summed E-state index contributed by atoms with van der Waals surface area (Å²) >= 11 is 0. The van der Waals surface area contributed by atoms with Crippen LogP contribution in [0.2, 0.25) is 0 Å². The third kappa shape index (κ3) is 4.00. The summed E-state index contributed by atoms with van der Waals surface area (Å²) in [7, 11) is 0. The fourth-order valence-electron chi connectivity index (χ4n) is 1.12. The number of carboxylic acids is 1. The van der Waals surface area contributed by atoms with Gasteiger partial charge in [-0.1, -0.05) is 0 Å². The summed E-state index contributed by atoms with van der Waals surface area (Å²) in [6.07, 6.45) is -0.124. The number of amides is 1. The molecule has 0 aliphatic heterocycles. The van der Waals surface area contributed by atoms with E-state index < -0.39 is 29.2 Å². The van der Waals surface area contributed by atoms with Crippen molar-refractivity contribution in [2.24, 2.45) is 0 Å². The molecule has 1 rings (SSSR count). The van der Waals surface area contributed by atoms with Crippen molar-refractivity contribution >= 4 is 17.7 Å². The minimum absolute atomic E-state index is 0.253. The molecule has 0 bridgehead atoms. The molecule has 6 nitrogen and oxygen atoms in total. The molecule has 0 aliphatic carbocycles. The highest BCUT2D eigenvalue weighted by atomic mass is 19.1. The number of aromatic carboxylic acids is 1. The van der Waals surface area contributed by atoms with E-state index in [2.05, 4.69) is 10.3 Å². The summed E-state index contributed by atoms with van der Waals surface area (Å²) in [4.78, 5) is 25.6. The van der Waals surface area contributed by atoms with Crippen molar-refractivity contribution in [3.05, 3.63) is 23.8 Å². The molecular weight excluding hydrogens is 243 g/mol. The lowest BCUT2D eigenvalue weighted by Crippen LogP contribution is -2.28. The molecule has 0 spiro atoms. The number of rotatable bonds is 2. The Morgan fingerprint density at radius 3 is 2.56 bits per heavy atom. The number of ether oxygens (including phenoxy) is 1. The molecule has 1 heterocycles. The Bertz CT molecular complexity index is 482. The quantitative estimate of drug-likeness (QED) is 0.847. The second-order valence-electron chi connectivity index (χ2n) is 4.48. The Labute approximate surface area is 103 Å². The van der Waals surface area contributed by atoms with Gasteiger partial charge in [0.15, 0.2) is 5.69 Å². The third-order valence-corrected chi connectivity index (χ3v) is 1.69. The second-order valence-corrected chi connectivity index (χ2v) is 4.48. The first-order chi connectivity index (χ1) is 8.19. The van der Waals surface area contributed by atoms with Gasteiger partial charge in [0.1, 0.15) is 11.4 Å². The smallest absolute Gasteiger partial charge is 0.412 e. The van der Waals surface area contributed by atoms with Crippen LogP contribution in [0.25, 0.3) is 0 Å². The number of nitrogens with zero attached hydrogens (tertiary/aromatic N) is 1. The summed E-state index contributed by atoms with van der Waals surface area (Å²) in [5.74, 6) is -2.13. The molecule has 0 fully saturated rings. The Morgan fingerprint density at radius 2 is 2.06 bits per heavy atom. The summed E-state index contributed by atoms with van der Waals surface area (Å²) in [5, 5.41) is 11.0. The largest absolute Gasteiger partial charge is 0.476 e. The molecule has 0 aliphatic rings.